The van der Waals surface area contributed by atoms with Gasteiger partial charge < -0.3 is 9.84 Å². The average molecular weight is 298 g/mol. The summed E-state index contributed by atoms with van der Waals surface area (Å²) in [4.78, 5) is 21.2. The molecule has 3 unspecified atom stereocenters. The van der Waals surface area contributed by atoms with Crippen molar-refractivity contribution >= 4 is 5.78 Å². The van der Waals surface area contributed by atoms with Gasteiger partial charge in [-0.2, -0.15) is 4.98 Å². The molecule has 1 saturated heterocycles. The number of fused-ring (bicyclic) bond motifs is 1. The minimum Gasteiger partial charge on any atom is -0.338 e. The van der Waals surface area contributed by atoms with Crippen LogP contribution in [0, 0.1) is 5.92 Å². The highest BCUT2D eigenvalue weighted by molar-refractivity contribution is 5.88. The molecular weight excluding hydrogens is 280 g/mol. The average Bonchev–Trinajstić information content (AvgIpc) is 3.06. The summed E-state index contributed by atoms with van der Waals surface area (Å²) in [6.45, 7) is 0.592. The quantitative estimate of drug-likeness (QED) is 0.912. The third-order valence-corrected chi connectivity index (χ3v) is 4.72. The van der Waals surface area contributed by atoms with Crippen molar-refractivity contribution in [2.45, 2.75) is 37.6 Å². The summed E-state index contributed by atoms with van der Waals surface area (Å²) in [6, 6.07) is 4.03. The topological polar surface area (TPSA) is 80.9 Å². The van der Waals surface area contributed by atoms with E-state index >= 15 is 0 Å². The third kappa shape index (κ3) is 2.33. The van der Waals surface area contributed by atoms with Crippen LogP contribution in [0.25, 0.3) is 11.4 Å². The summed E-state index contributed by atoms with van der Waals surface area (Å²) in [5.41, 5.74) is 0.796. The van der Waals surface area contributed by atoms with Crippen LogP contribution in [-0.4, -0.2) is 33.5 Å². The Morgan fingerprint density at radius 3 is 3.05 bits per heavy atom. The highest BCUT2D eigenvalue weighted by atomic mass is 16.5. The normalized spacial score (nSPS) is 28.4. The summed E-state index contributed by atoms with van der Waals surface area (Å²) < 4.78 is 5.36. The molecule has 1 N–H and O–H groups in total. The monoisotopic (exact) mass is 298 g/mol. The molecule has 6 heteroatoms. The van der Waals surface area contributed by atoms with Gasteiger partial charge in [-0.1, -0.05) is 18.0 Å². The van der Waals surface area contributed by atoms with E-state index in [0.29, 0.717) is 24.3 Å². The zero-order chi connectivity index (χ0) is 14.9. The molecule has 1 saturated carbocycles. The maximum atomic E-state index is 12.7. The molecule has 3 atom stereocenters. The lowest BCUT2D eigenvalue weighted by atomic mass is 9.75. The van der Waals surface area contributed by atoms with Crippen molar-refractivity contribution in [3.63, 3.8) is 0 Å². The van der Waals surface area contributed by atoms with E-state index in [1.54, 1.807) is 12.4 Å². The lowest BCUT2D eigenvalue weighted by Crippen LogP contribution is -2.51. The second-order valence-corrected chi connectivity index (χ2v) is 6.06. The van der Waals surface area contributed by atoms with Gasteiger partial charge in [0.15, 0.2) is 5.78 Å². The van der Waals surface area contributed by atoms with Crippen molar-refractivity contribution in [2.75, 3.05) is 6.54 Å². The molecule has 1 aliphatic carbocycles. The summed E-state index contributed by atoms with van der Waals surface area (Å²) >= 11 is 0. The minimum atomic E-state index is -0.322. The zero-order valence-corrected chi connectivity index (χ0v) is 12.2. The van der Waals surface area contributed by atoms with Gasteiger partial charge in [0.1, 0.15) is 5.92 Å². The van der Waals surface area contributed by atoms with Gasteiger partial charge in [-0.15, -0.1) is 0 Å². The molecular formula is C16H18N4O2. The molecule has 2 aromatic heterocycles. The van der Waals surface area contributed by atoms with Crippen LogP contribution in [0.1, 0.15) is 37.5 Å². The Hall–Kier alpha value is -2.08. The van der Waals surface area contributed by atoms with E-state index < -0.39 is 0 Å². The van der Waals surface area contributed by atoms with Gasteiger partial charge >= 0.3 is 0 Å². The standard InChI is InChI=1S/C16H18N4O2/c21-14-11-5-1-2-6-13(11)18-9-12(14)16-19-15(20-22-16)10-4-3-7-17-8-10/h3-4,7-8,11-13,18H,1-2,5-6,9H2. The van der Waals surface area contributed by atoms with Gasteiger partial charge in [-0.25, -0.2) is 0 Å². The van der Waals surface area contributed by atoms with Crippen LogP contribution in [0.5, 0.6) is 0 Å². The van der Waals surface area contributed by atoms with Gasteiger partial charge in [0.05, 0.1) is 0 Å². The smallest absolute Gasteiger partial charge is 0.238 e. The summed E-state index contributed by atoms with van der Waals surface area (Å²) in [5.74, 6) is 0.936. The SMILES string of the molecule is O=C1C(c2nc(-c3cccnc3)no2)CNC2CCCCC12. The van der Waals surface area contributed by atoms with Gasteiger partial charge in [0.2, 0.25) is 11.7 Å². The van der Waals surface area contributed by atoms with Crippen molar-refractivity contribution in [1.29, 1.82) is 0 Å². The lowest BCUT2D eigenvalue weighted by molar-refractivity contribution is -0.128. The van der Waals surface area contributed by atoms with Crippen molar-refractivity contribution in [3.8, 4) is 11.4 Å². The number of hydrogen-bond acceptors (Lipinski definition) is 6. The van der Waals surface area contributed by atoms with E-state index in [9.17, 15) is 4.79 Å². The van der Waals surface area contributed by atoms with Crippen LogP contribution in [0.2, 0.25) is 0 Å². The van der Waals surface area contributed by atoms with Gasteiger partial charge in [-0.05, 0) is 25.0 Å². The number of pyridine rings is 1. The second kappa shape index (κ2) is 5.61. The number of rotatable bonds is 2. The maximum absolute atomic E-state index is 12.7. The van der Waals surface area contributed by atoms with E-state index in [4.69, 9.17) is 4.52 Å². The van der Waals surface area contributed by atoms with E-state index in [1.165, 1.54) is 6.42 Å². The van der Waals surface area contributed by atoms with Gasteiger partial charge in [0, 0.05) is 36.5 Å². The fraction of sp³-hybridized carbons (Fsp3) is 0.500. The molecule has 0 spiro atoms. The first-order chi connectivity index (χ1) is 10.8. The van der Waals surface area contributed by atoms with E-state index in [1.807, 2.05) is 12.1 Å². The van der Waals surface area contributed by atoms with Crippen LogP contribution in [0.4, 0.5) is 0 Å². The van der Waals surface area contributed by atoms with Crippen LogP contribution < -0.4 is 5.32 Å². The Kier molecular flexibility index (Phi) is 3.46. The predicted octanol–water partition coefficient (Wildman–Crippen LogP) is 1.95. The molecule has 0 radical (unpaired) electrons. The third-order valence-electron chi connectivity index (χ3n) is 4.72. The highest BCUT2D eigenvalue weighted by Gasteiger charge is 2.41. The van der Waals surface area contributed by atoms with Crippen LogP contribution >= 0.6 is 0 Å². The fourth-order valence-corrected chi connectivity index (χ4v) is 3.54. The van der Waals surface area contributed by atoms with Gasteiger partial charge in [0.25, 0.3) is 0 Å². The first-order valence-electron chi connectivity index (χ1n) is 7.84. The summed E-state index contributed by atoms with van der Waals surface area (Å²) in [5, 5.41) is 7.48. The second-order valence-electron chi connectivity index (χ2n) is 6.06. The highest BCUT2D eigenvalue weighted by Crippen LogP contribution is 2.34. The van der Waals surface area contributed by atoms with Crippen molar-refractivity contribution in [3.05, 3.63) is 30.4 Å². The molecule has 6 nitrogen and oxygen atoms in total. The zero-order valence-electron chi connectivity index (χ0n) is 12.2. The number of nitrogens with zero attached hydrogens (tertiary/aromatic N) is 3. The number of carbonyl (C=O) groups excluding carboxylic acids is 1. The Morgan fingerprint density at radius 1 is 1.27 bits per heavy atom. The van der Waals surface area contributed by atoms with Gasteiger partial charge in [-0.3, -0.25) is 9.78 Å². The number of ketones is 1. The maximum Gasteiger partial charge on any atom is 0.238 e. The van der Waals surface area contributed by atoms with Crippen LogP contribution in [-0.2, 0) is 4.79 Å². The van der Waals surface area contributed by atoms with Crippen LogP contribution in [0.15, 0.2) is 29.0 Å². The minimum absolute atomic E-state index is 0.0984. The number of carbonyl (C=O) groups is 1. The van der Waals surface area contributed by atoms with Crippen LogP contribution in [0.3, 0.4) is 0 Å². The molecule has 2 aromatic rings. The molecule has 22 heavy (non-hydrogen) atoms. The van der Waals surface area contributed by atoms with E-state index in [2.05, 4.69) is 20.4 Å². The van der Waals surface area contributed by atoms with Crippen molar-refractivity contribution in [2.24, 2.45) is 5.92 Å². The van der Waals surface area contributed by atoms with Crippen molar-refractivity contribution < 1.29 is 9.32 Å². The first kappa shape index (κ1) is 13.6. The largest absolute Gasteiger partial charge is 0.338 e. The number of Topliss-reactive ketones (excluding diaryl/α,β-unsaturated/α-hetero) is 1. The van der Waals surface area contributed by atoms with E-state index in [0.717, 1.165) is 24.8 Å². The molecule has 1 aliphatic heterocycles. The molecule has 114 valence electrons. The Balaban J connectivity index is 1.57. The molecule has 2 aliphatic rings. The summed E-state index contributed by atoms with van der Waals surface area (Å²) in [6.07, 6.45) is 7.78. The molecule has 4 rings (SSSR count). The number of aromatic nitrogens is 3. The number of hydrogen-bond donors (Lipinski definition) is 1. The molecule has 0 aromatic carbocycles. The predicted molar refractivity (Wildman–Crippen MR) is 79.0 cm³/mol. The lowest BCUT2D eigenvalue weighted by Gasteiger charge is -2.37. The Labute approximate surface area is 128 Å². The molecule has 2 fully saturated rings. The first-order valence-corrected chi connectivity index (χ1v) is 7.84. The van der Waals surface area contributed by atoms with Crippen molar-refractivity contribution in [1.82, 2.24) is 20.4 Å². The molecule has 3 heterocycles. The Bertz CT molecular complexity index is 670. The van der Waals surface area contributed by atoms with E-state index in [-0.39, 0.29) is 17.6 Å². The fourth-order valence-electron chi connectivity index (χ4n) is 3.54. The summed E-state index contributed by atoms with van der Waals surface area (Å²) in [7, 11) is 0. The Morgan fingerprint density at radius 2 is 2.18 bits per heavy atom. The molecule has 0 bridgehead atoms. The number of nitrogens with one attached hydrogen (secondary N) is 1. The number of piperidine rings is 1. The molecule has 0 amide bonds.